The summed E-state index contributed by atoms with van der Waals surface area (Å²) in [6.07, 6.45) is 3.86. The van der Waals surface area contributed by atoms with E-state index in [9.17, 15) is 9.59 Å². The minimum Gasteiger partial charge on any atom is -0.497 e. The summed E-state index contributed by atoms with van der Waals surface area (Å²) < 4.78 is 5.24. The Hall–Kier alpha value is -2.96. The van der Waals surface area contributed by atoms with E-state index < -0.39 is 0 Å². The Balaban J connectivity index is 1.41. The second-order valence-corrected chi connectivity index (χ2v) is 7.74. The number of ether oxygens (including phenoxy) is 1. The van der Waals surface area contributed by atoms with Gasteiger partial charge in [0, 0.05) is 57.2 Å². The van der Waals surface area contributed by atoms with Gasteiger partial charge >= 0.3 is 0 Å². The highest BCUT2D eigenvalue weighted by molar-refractivity contribution is 5.79. The summed E-state index contributed by atoms with van der Waals surface area (Å²) in [4.78, 5) is 37.4. The van der Waals surface area contributed by atoms with Crippen LogP contribution in [0, 0.1) is 0 Å². The molecule has 0 aliphatic carbocycles. The average Bonchev–Trinajstić information content (AvgIpc) is 3.24. The molecule has 7 nitrogen and oxygen atoms in total. The molecule has 152 valence electrons. The van der Waals surface area contributed by atoms with Gasteiger partial charge in [0.25, 0.3) is 0 Å². The second kappa shape index (κ2) is 8.19. The number of fused-ring (bicyclic) bond motifs is 1. The van der Waals surface area contributed by atoms with Crippen LogP contribution in [-0.2, 0) is 29.0 Å². The molecule has 0 bridgehead atoms. The van der Waals surface area contributed by atoms with Crippen LogP contribution < -0.4 is 4.74 Å². The zero-order valence-corrected chi connectivity index (χ0v) is 16.9. The molecule has 1 atom stereocenters. The number of carbonyl (C=O) groups excluding carboxylic acids is 2. The van der Waals surface area contributed by atoms with Gasteiger partial charge in [-0.2, -0.15) is 0 Å². The van der Waals surface area contributed by atoms with Gasteiger partial charge in [-0.1, -0.05) is 12.1 Å². The molecule has 4 rings (SSSR count). The summed E-state index contributed by atoms with van der Waals surface area (Å²) in [6.45, 7) is 4.28. The second-order valence-electron chi connectivity index (χ2n) is 7.74. The first-order valence-electron chi connectivity index (χ1n) is 10.0. The maximum absolute atomic E-state index is 12.8. The number of likely N-dealkylation sites (tertiary alicyclic amines) is 1. The van der Waals surface area contributed by atoms with Gasteiger partial charge in [0.15, 0.2) is 0 Å². The molecule has 7 heteroatoms. The minimum atomic E-state index is 0.0980. The highest BCUT2D eigenvalue weighted by Crippen LogP contribution is 2.26. The van der Waals surface area contributed by atoms with Gasteiger partial charge in [0.2, 0.25) is 11.8 Å². The van der Waals surface area contributed by atoms with Gasteiger partial charge < -0.3 is 14.5 Å². The predicted octanol–water partition coefficient (Wildman–Crippen LogP) is 1.95. The monoisotopic (exact) mass is 394 g/mol. The molecular weight excluding hydrogens is 368 g/mol. The molecule has 0 saturated carbocycles. The first kappa shape index (κ1) is 19.4. The molecule has 1 fully saturated rings. The maximum Gasteiger partial charge on any atom is 0.227 e. The fraction of sp³-hybridized carbons (Fsp3) is 0.455. The van der Waals surface area contributed by atoms with E-state index >= 15 is 0 Å². The largest absolute Gasteiger partial charge is 0.497 e. The number of rotatable bonds is 4. The average molecular weight is 394 g/mol. The summed E-state index contributed by atoms with van der Waals surface area (Å²) in [6, 6.07) is 7.62. The van der Waals surface area contributed by atoms with E-state index in [0.717, 1.165) is 47.8 Å². The smallest absolute Gasteiger partial charge is 0.227 e. The molecule has 0 N–H and O–H groups in total. The fourth-order valence-corrected chi connectivity index (χ4v) is 4.07. The van der Waals surface area contributed by atoms with Crippen molar-refractivity contribution in [3.63, 3.8) is 0 Å². The Morgan fingerprint density at radius 3 is 2.86 bits per heavy atom. The van der Waals surface area contributed by atoms with Crippen LogP contribution >= 0.6 is 0 Å². The lowest BCUT2D eigenvalue weighted by Gasteiger charge is -2.28. The van der Waals surface area contributed by atoms with Crippen molar-refractivity contribution in [2.75, 3.05) is 26.7 Å². The van der Waals surface area contributed by atoms with Crippen LogP contribution in [-0.4, -0.2) is 58.3 Å². The van der Waals surface area contributed by atoms with Crippen LogP contribution in [0.2, 0.25) is 0 Å². The molecule has 29 heavy (non-hydrogen) atoms. The summed E-state index contributed by atoms with van der Waals surface area (Å²) in [5.74, 6) is 1.99. The fourth-order valence-electron chi connectivity index (χ4n) is 4.07. The molecule has 2 aliphatic heterocycles. The highest BCUT2D eigenvalue weighted by atomic mass is 16.5. The van der Waals surface area contributed by atoms with Crippen LogP contribution in [0.5, 0.6) is 5.75 Å². The Kier molecular flexibility index (Phi) is 5.47. The molecule has 1 saturated heterocycles. The molecule has 0 unspecified atom stereocenters. The molecular formula is C22H26N4O3. The normalized spacial score (nSPS) is 18.5. The lowest BCUT2D eigenvalue weighted by atomic mass is 10.0. The summed E-state index contributed by atoms with van der Waals surface area (Å²) in [7, 11) is 1.62. The van der Waals surface area contributed by atoms with Crippen LogP contribution in [0.1, 0.15) is 41.9 Å². The molecule has 0 radical (unpaired) electrons. The van der Waals surface area contributed by atoms with E-state index in [1.807, 2.05) is 40.3 Å². The van der Waals surface area contributed by atoms with Crippen LogP contribution in [0.15, 0.2) is 30.5 Å². The Bertz CT molecular complexity index is 930. The molecule has 2 aromatic rings. The number of aromatic nitrogens is 2. The number of nitrogens with zero attached hydrogens (tertiary/aromatic N) is 4. The molecule has 1 aromatic carbocycles. The van der Waals surface area contributed by atoms with Crippen LogP contribution in [0.3, 0.4) is 0 Å². The van der Waals surface area contributed by atoms with Crippen molar-refractivity contribution in [1.29, 1.82) is 0 Å². The van der Waals surface area contributed by atoms with Crippen molar-refractivity contribution in [1.82, 2.24) is 19.8 Å². The lowest BCUT2D eigenvalue weighted by molar-refractivity contribution is -0.131. The SMILES string of the molecule is COc1cccc(CC(=O)N2CCc3nc([C@@H]4CCN(C(C)=O)C4)ncc3C2)c1. The van der Waals surface area contributed by atoms with Crippen molar-refractivity contribution >= 4 is 11.8 Å². The molecule has 3 heterocycles. The van der Waals surface area contributed by atoms with Gasteiger partial charge in [-0.05, 0) is 24.1 Å². The number of methoxy groups -OCH3 is 1. The number of carbonyl (C=O) groups is 2. The Morgan fingerprint density at radius 1 is 1.24 bits per heavy atom. The third-order valence-electron chi connectivity index (χ3n) is 5.79. The highest BCUT2D eigenvalue weighted by Gasteiger charge is 2.29. The van der Waals surface area contributed by atoms with E-state index in [4.69, 9.17) is 9.72 Å². The topological polar surface area (TPSA) is 75.6 Å². The van der Waals surface area contributed by atoms with Crippen molar-refractivity contribution < 1.29 is 14.3 Å². The van der Waals surface area contributed by atoms with Gasteiger partial charge in [-0.3, -0.25) is 9.59 Å². The molecule has 2 aliphatic rings. The quantitative estimate of drug-likeness (QED) is 0.792. The first-order chi connectivity index (χ1) is 14.0. The van der Waals surface area contributed by atoms with Crippen LogP contribution in [0.4, 0.5) is 0 Å². The van der Waals surface area contributed by atoms with Crippen molar-refractivity contribution in [3.8, 4) is 5.75 Å². The summed E-state index contributed by atoms with van der Waals surface area (Å²) in [5.41, 5.74) is 2.99. The van der Waals surface area contributed by atoms with Crippen molar-refractivity contribution in [2.24, 2.45) is 0 Å². The van der Waals surface area contributed by atoms with E-state index in [1.54, 1.807) is 14.0 Å². The van der Waals surface area contributed by atoms with E-state index in [0.29, 0.717) is 26.1 Å². The Labute approximate surface area is 170 Å². The number of hydrogen-bond donors (Lipinski definition) is 0. The van der Waals surface area contributed by atoms with E-state index in [2.05, 4.69) is 4.98 Å². The predicted molar refractivity (Wildman–Crippen MR) is 107 cm³/mol. The third-order valence-corrected chi connectivity index (χ3v) is 5.79. The lowest BCUT2D eigenvalue weighted by Crippen LogP contribution is -2.37. The van der Waals surface area contributed by atoms with Crippen molar-refractivity contribution in [2.45, 2.75) is 38.6 Å². The van der Waals surface area contributed by atoms with Gasteiger partial charge in [-0.15, -0.1) is 0 Å². The van der Waals surface area contributed by atoms with Crippen LogP contribution in [0.25, 0.3) is 0 Å². The van der Waals surface area contributed by atoms with Gasteiger partial charge in [0.05, 0.1) is 19.2 Å². The van der Waals surface area contributed by atoms with Gasteiger partial charge in [-0.25, -0.2) is 9.97 Å². The first-order valence-corrected chi connectivity index (χ1v) is 10.0. The molecule has 0 spiro atoms. The maximum atomic E-state index is 12.8. The molecule has 1 aromatic heterocycles. The van der Waals surface area contributed by atoms with Crippen molar-refractivity contribution in [3.05, 3.63) is 53.1 Å². The van der Waals surface area contributed by atoms with E-state index in [1.165, 1.54) is 0 Å². The van der Waals surface area contributed by atoms with Gasteiger partial charge in [0.1, 0.15) is 11.6 Å². The van der Waals surface area contributed by atoms with E-state index in [-0.39, 0.29) is 17.7 Å². The zero-order valence-electron chi connectivity index (χ0n) is 16.9. The minimum absolute atomic E-state index is 0.0980. The number of amides is 2. The zero-order chi connectivity index (χ0) is 20.4. The summed E-state index contributed by atoms with van der Waals surface area (Å²) >= 11 is 0. The number of hydrogen-bond acceptors (Lipinski definition) is 5. The third kappa shape index (κ3) is 4.23. The number of benzene rings is 1. The Morgan fingerprint density at radius 2 is 2.10 bits per heavy atom. The molecule has 2 amide bonds. The summed E-state index contributed by atoms with van der Waals surface area (Å²) in [5, 5.41) is 0. The standard InChI is InChI=1S/C22H26N4O3/c1-15(27)25-8-6-17(13-25)22-23-12-18-14-26(9-7-20(18)24-22)21(28)11-16-4-3-5-19(10-16)29-2/h3-5,10,12,17H,6-9,11,13-14H2,1-2H3/t17-/m1/s1.